The van der Waals surface area contributed by atoms with Gasteiger partial charge in [-0.1, -0.05) is 33.8 Å². The Morgan fingerprint density at radius 1 is 1.04 bits per heavy atom. The van der Waals surface area contributed by atoms with Crippen molar-refractivity contribution in [3.8, 4) is 0 Å². The number of aryl methyl sites for hydroxylation is 1. The van der Waals surface area contributed by atoms with Crippen molar-refractivity contribution in [1.29, 1.82) is 0 Å². The molecule has 2 N–H and O–H groups in total. The Morgan fingerprint density at radius 2 is 1.73 bits per heavy atom. The second-order valence-electron chi connectivity index (χ2n) is 16.7. The van der Waals surface area contributed by atoms with Crippen LogP contribution in [0.25, 0.3) is 0 Å². The topological polar surface area (TPSA) is 166 Å². The molecule has 0 aliphatic carbocycles. The van der Waals surface area contributed by atoms with Crippen molar-refractivity contribution < 1.29 is 48.0 Å². The summed E-state index contributed by atoms with van der Waals surface area (Å²) >= 11 is 0. The molecule has 4 rings (SSSR count). The molecule has 3 aliphatic heterocycles. The molecule has 14 nitrogen and oxygen atoms in total. The molecule has 1 aromatic heterocycles. The number of ketones is 2. The first-order valence-corrected chi connectivity index (χ1v) is 19.9. The number of amides is 1. The molecule has 0 saturated carbocycles. The maximum atomic E-state index is 14.6. The molecule has 0 aromatic carbocycles. The number of esters is 1. The van der Waals surface area contributed by atoms with Crippen molar-refractivity contribution in [2.75, 3.05) is 39.6 Å². The molecule has 0 spiro atoms. The van der Waals surface area contributed by atoms with Gasteiger partial charge in [0.05, 0.1) is 23.9 Å². The van der Waals surface area contributed by atoms with Crippen LogP contribution in [0.5, 0.6) is 0 Å². The zero-order valence-electron chi connectivity index (χ0n) is 35.0. The fourth-order valence-corrected chi connectivity index (χ4v) is 8.97. The Balaban J connectivity index is 1.68. The van der Waals surface area contributed by atoms with Gasteiger partial charge in [-0.3, -0.25) is 14.4 Å². The van der Waals surface area contributed by atoms with Crippen LogP contribution in [0.2, 0.25) is 0 Å². The summed E-state index contributed by atoms with van der Waals surface area (Å²) in [7, 11) is 5.24. The number of fused-ring (bicyclic) bond motifs is 1. The highest BCUT2D eigenvalue weighted by molar-refractivity contribution is 6.00. The number of nitrogens with zero attached hydrogens (tertiary/aromatic N) is 3. The summed E-state index contributed by atoms with van der Waals surface area (Å²) < 4.78 is 31.1. The number of aliphatic hydroxyl groups is 1. The summed E-state index contributed by atoms with van der Waals surface area (Å²) in [4.78, 5) is 64.5. The van der Waals surface area contributed by atoms with E-state index in [0.717, 1.165) is 11.5 Å². The molecule has 1 amide bonds. The van der Waals surface area contributed by atoms with E-state index in [4.69, 9.17) is 23.7 Å². The minimum atomic E-state index is -1.39. The smallest absolute Gasteiger partial charge is 0.410 e. The second kappa shape index (κ2) is 18.4. The average molecular weight is 775 g/mol. The monoisotopic (exact) mass is 774 g/mol. The summed E-state index contributed by atoms with van der Waals surface area (Å²) in [6.07, 6.45) is -2.67. The predicted molar refractivity (Wildman–Crippen MR) is 206 cm³/mol. The first-order valence-electron chi connectivity index (χ1n) is 19.9. The Kier molecular flexibility index (Phi) is 14.9. The zero-order valence-corrected chi connectivity index (χ0v) is 35.0. The lowest BCUT2D eigenvalue weighted by atomic mass is 9.73. The standard InChI is InChI=1S/C41H66N4O10/c1-13-30-41(9)35(45(39(50)55-41)20-15-14-19-42-31-18-16-17-24(3)43-31)26(5)32(46)23(2)22-40(8,51-12)36(27(6)33(47)28(7)37(49)53-30)54-38-34(48)29(44(10)11)21-25(4)52-38/h16-18,23,25-30,34-36,38,48H,13-15,19-22H2,1-12H3,(H,42,43)/t23-,25-,26-,27-,28-,29+,30+,34-,35+,36-,38?,40-,41-/m1/s1. The highest BCUT2D eigenvalue weighted by Crippen LogP contribution is 2.43. The van der Waals surface area contributed by atoms with Crippen molar-refractivity contribution in [3.63, 3.8) is 0 Å². The van der Waals surface area contributed by atoms with Crippen LogP contribution in [0.1, 0.15) is 93.2 Å². The number of cyclic esters (lactones) is 1. The largest absolute Gasteiger partial charge is 0.458 e. The van der Waals surface area contributed by atoms with Gasteiger partial charge in [-0.25, -0.2) is 9.78 Å². The van der Waals surface area contributed by atoms with Crippen LogP contribution in [-0.4, -0.2) is 132 Å². The number of anilines is 1. The second-order valence-corrected chi connectivity index (χ2v) is 16.7. The lowest BCUT2D eigenvalue weighted by Crippen LogP contribution is -2.60. The maximum Gasteiger partial charge on any atom is 0.410 e. The fraction of sp³-hybridized carbons (Fsp3) is 0.780. The Labute approximate surface area is 327 Å². The summed E-state index contributed by atoms with van der Waals surface area (Å²) in [5, 5.41) is 14.7. The van der Waals surface area contributed by atoms with Crippen LogP contribution in [0.15, 0.2) is 18.2 Å². The van der Waals surface area contributed by atoms with Crippen molar-refractivity contribution in [1.82, 2.24) is 14.8 Å². The van der Waals surface area contributed by atoms with Gasteiger partial charge in [-0.05, 0) is 93.0 Å². The number of carbonyl (C=O) groups is 4. The molecular weight excluding hydrogens is 708 g/mol. The number of nitrogens with one attached hydrogen (secondary N) is 1. The summed E-state index contributed by atoms with van der Waals surface area (Å²) in [5.41, 5.74) is -1.74. The number of aliphatic hydroxyl groups excluding tert-OH is 1. The predicted octanol–water partition coefficient (Wildman–Crippen LogP) is 4.79. The highest BCUT2D eigenvalue weighted by atomic mass is 16.7. The summed E-state index contributed by atoms with van der Waals surface area (Å²) in [5.74, 6) is -4.13. The molecule has 3 saturated heterocycles. The molecule has 3 aliphatic rings. The number of rotatable bonds is 11. The minimum Gasteiger partial charge on any atom is -0.458 e. The van der Waals surface area contributed by atoms with E-state index in [2.05, 4.69) is 10.3 Å². The number of unbranched alkanes of at least 4 members (excludes halogenated alkanes) is 1. The molecule has 0 bridgehead atoms. The molecule has 13 atom stereocenters. The van der Waals surface area contributed by atoms with E-state index < -0.39 is 83.4 Å². The maximum absolute atomic E-state index is 14.6. The number of hydrogen-bond donors (Lipinski definition) is 2. The van der Waals surface area contributed by atoms with E-state index in [1.165, 1.54) is 14.0 Å². The molecule has 55 heavy (non-hydrogen) atoms. The number of aromatic nitrogens is 1. The number of likely N-dealkylation sites (N-methyl/N-ethyl adjacent to an activating group) is 1. The molecule has 4 heterocycles. The van der Waals surface area contributed by atoms with Gasteiger partial charge in [0.15, 0.2) is 17.7 Å². The number of hydrogen-bond acceptors (Lipinski definition) is 13. The third-order valence-corrected chi connectivity index (χ3v) is 12.2. The van der Waals surface area contributed by atoms with E-state index >= 15 is 0 Å². The third-order valence-electron chi connectivity index (χ3n) is 12.2. The van der Waals surface area contributed by atoms with Crippen molar-refractivity contribution in [2.24, 2.45) is 23.7 Å². The van der Waals surface area contributed by atoms with E-state index in [1.54, 1.807) is 32.6 Å². The molecule has 0 radical (unpaired) electrons. The quantitative estimate of drug-likeness (QED) is 0.179. The Hall–Kier alpha value is -3.17. The van der Waals surface area contributed by atoms with Gasteiger partial charge in [0, 0.05) is 49.7 Å². The summed E-state index contributed by atoms with van der Waals surface area (Å²) in [6.45, 7) is 16.9. The third kappa shape index (κ3) is 9.69. The SMILES string of the molecule is CC[C@@H]1OC(=O)[C@H](C)C(=O)[C@@H](C)[C@@H](OC2O[C@H](C)C[C@H](N(C)C)[C@H]2O)[C@](C)(OC)C[C@@H](C)C(=O)[C@@H](C)[C@@H]2N(CCCCNc3cccc(C)n3)C(=O)O[C@]12C. The van der Waals surface area contributed by atoms with Gasteiger partial charge >= 0.3 is 12.1 Å². The zero-order chi connectivity index (χ0) is 41.0. The van der Waals surface area contributed by atoms with E-state index in [-0.39, 0.29) is 30.8 Å². The van der Waals surface area contributed by atoms with E-state index in [9.17, 15) is 24.3 Å². The lowest BCUT2D eigenvalue weighted by molar-refractivity contribution is -0.295. The number of methoxy groups -OCH3 is 1. The number of pyridine rings is 1. The van der Waals surface area contributed by atoms with Crippen LogP contribution in [0, 0.1) is 30.6 Å². The molecule has 3 fully saturated rings. The van der Waals surface area contributed by atoms with Gasteiger partial charge in [0.25, 0.3) is 0 Å². The molecule has 14 heteroatoms. The number of Topliss-reactive ketones (excluding diaryl/α,β-unsaturated/α-hetero) is 2. The fourth-order valence-electron chi connectivity index (χ4n) is 8.97. The van der Waals surface area contributed by atoms with Gasteiger partial charge in [0.1, 0.15) is 29.7 Å². The Morgan fingerprint density at radius 3 is 2.35 bits per heavy atom. The van der Waals surface area contributed by atoms with Crippen LogP contribution in [0.3, 0.4) is 0 Å². The van der Waals surface area contributed by atoms with Crippen LogP contribution in [0.4, 0.5) is 10.6 Å². The first-order chi connectivity index (χ1) is 25.8. The number of carbonyl (C=O) groups excluding carboxylic acids is 4. The summed E-state index contributed by atoms with van der Waals surface area (Å²) in [6, 6.07) is 4.71. The van der Waals surface area contributed by atoms with Crippen LogP contribution in [-0.2, 0) is 38.1 Å². The molecule has 1 unspecified atom stereocenters. The van der Waals surface area contributed by atoms with Crippen molar-refractivity contribution in [3.05, 3.63) is 23.9 Å². The van der Waals surface area contributed by atoms with Gasteiger partial charge in [0.2, 0.25) is 0 Å². The molecule has 1 aromatic rings. The average Bonchev–Trinajstić information content (AvgIpc) is 3.40. The van der Waals surface area contributed by atoms with E-state index in [0.29, 0.717) is 32.4 Å². The molecule has 310 valence electrons. The van der Waals surface area contributed by atoms with Crippen LogP contribution >= 0.6 is 0 Å². The van der Waals surface area contributed by atoms with Crippen molar-refractivity contribution >= 4 is 29.4 Å². The van der Waals surface area contributed by atoms with Crippen LogP contribution < -0.4 is 5.32 Å². The highest BCUT2D eigenvalue weighted by Gasteiger charge is 2.60. The van der Waals surface area contributed by atoms with Gasteiger partial charge in [-0.15, -0.1) is 0 Å². The number of ether oxygens (including phenoxy) is 5. The van der Waals surface area contributed by atoms with E-state index in [1.807, 2.05) is 64.9 Å². The lowest BCUT2D eigenvalue weighted by Gasteiger charge is -2.47. The first kappa shape index (κ1) is 44.5. The van der Waals surface area contributed by atoms with Crippen molar-refractivity contribution in [2.45, 2.75) is 148 Å². The normalized spacial score (nSPS) is 38.0. The Bertz CT molecular complexity index is 1510. The van der Waals surface area contributed by atoms with Gasteiger partial charge in [-0.2, -0.15) is 0 Å². The van der Waals surface area contributed by atoms with Gasteiger partial charge < -0.3 is 43.9 Å². The molecular formula is C41H66N4O10. The minimum absolute atomic E-state index is 0.136.